The number of aromatic nitrogens is 2. The molecule has 0 bridgehead atoms. The summed E-state index contributed by atoms with van der Waals surface area (Å²) in [4.78, 5) is 4.53. The quantitative estimate of drug-likeness (QED) is 0.942. The molecule has 23 heavy (non-hydrogen) atoms. The second-order valence-corrected chi connectivity index (χ2v) is 7.43. The van der Waals surface area contributed by atoms with E-state index in [4.69, 9.17) is 4.74 Å². The maximum Gasteiger partial charge on any atom is 0.123 e. The number of benzene rings is 1. The molecule has 0 aliphatic carbocycles. The van der Waals surface area contributed by atoms with E-state index in [9.17, 15) is 0 Å². The fourth-order valence-electron chi connectivity index (χ4n) is 3.86. The summed E-state index contributed by atoms with van der Waals surface area (Å²) in [6.07, 6.45) is 7.51. The van der Waals surface area contributed by atoms with E-state index in [-0.39, 0.29) is 5.60 Å². The summed E-state index contributed by atoms with van der Waals surface area (Å²) < 4.78 is 8.24. The number of ether oxygens (including phenoxy) is 1. The second-order valence-electron chi connectivity index (χ2n) is 7.43. The zero-order chi connectivity index (χ0) is 15.9. The highest BCUT2D eigenvalue weighted by Crippen LogP contribution is 2.35. The summed E-state index contributed by atoms with van der Waals surface area (Å²) >= 11 is 0. The highest BCUT2D eigenvalue weighted by Gasteiger charge is 2.29. The third-order valence-corrected chi connectivity index (χ3v) is 4.91. The summed E-state index contributed by atoms with van der Waals surface area (Å²) in [5, 5.41) is 3.62. The Morgan fingerprint density at radius 3 is 3.22 bits per heavy atom. The van der Waals surface area contributed by atoms with Crippen molar-refractivity contribution in [3.63, 3.8) is 0 Å². The number of fused-ring (bicyclic) bond motifs is 2. The molecule has 0 fully saturated rings. The van der Waals surface area contributed by atoms with E-state index in [1.165, 1.54) is 29.8 Å². The fourth-order valence-corrected chi connectivity index (χ4v) is 3.86. The maximum atomic E-state index is 5.95. The number of aryl methyl sites for hydroxylation is 1. The van der Waals surface area contributed by atoms with Crippen molar-refractivity contribution in [1.29, 1.82) is 0 Å². The number of rotatable bonds is 4. The Hall–Kier alpha value is -1.81. The summed E-state index contributed by atoms with van der Waals surface area (Å²) in [6, 6.07) is 6.59. The molecule has 2 aliphatic heterocycles. The maximum absolute atomic E-state index is 5.95. The van der Waals surface area contributed by atoms with E-state index in [2.05, 4.69) is 53.1 Å². The largest absolute Gasteiger partial charge is 0.487 e. The molecule has 0 radical (unpaired) electrons. The highest BCUT2D eigenvalue weighted by atomic mass is 16.5. The van der Waals surface area contributed by atoms with Crippen LogP contribution in [0.2, 0.25) is 0 Å². The van der Waals surface area contributed by atoms with Crippen LogP contribution in [-0.4, -0.2) is 21.7 Å². The Kier molecular flexibility index (Phi) is 3.64. The average Bonchev–Trinajstić information content (AvgIpc) is 3.09. The molecule has 1 atom stereocenters. The standard InChI is InChI=1S/C19H25N3O/c1-19(2)11-16-10-14(5-6-17(16)23-19)12-20-13-15-4-3-8-22-9-7-21-18(15)22/h5-7,9-10,15,20H,3-4,8,11-13H2,1-2H3. The smallest absolute Gasteiger partial charge is 0.123 e. The van der Waals surface area contributed by atoms with Crippen LogP contribution in [0.25, 0.3) is 0 Å². The van der Waals surface area contributed by atoms with Crippen LogP contribution in [0.5, 0.6) is 5.75 Å². The van der Waals surface area contributed by atoms with Crippen LogP contribution in [-0.2, 0) is 19.5 Å². The number of nitrogens with one attached hydrogen (secondary N) is 1. The number of nitrogens with zero attached hydrogens (tertiary/aromatic N) is 2. The van der Waals surface area contributed by atoms with Gasteiger partial charge >= 0.3 is 0 Å². The lowest BCUT2D eigenvalue weighted by atomic mass is 9.98. The Balaban J connectivity index is 1.36. The van der Waals surface area contributed by atoms with Crippen molar-refractivity contribution in [2.24, 2.45) is 0 Å². The molecule has 3 heterocycles. The van der Waals surface area contributed by atoms with Gasteiger partial charge in [0.2, 0.25) is 0 Å². The van der Waals surface area contributed by atoms with Gasteiger partial charge < -0.3 is 14.6 Å². The first-order valence-corrected chi connectivity index (χ1v) is 8.63. The molecule has 122 valence electrons. The van der Waals surface area contributed by atoms with Gasteiger partial charge in [-0.25, -0.2) is 4.98 Å². The summed E-state index contributed by atoms with van der Waals surface area (Å²) in [5.74, 6) is 2.83. The van der Waals surface area contributed by atoms with Gasteiger partial charge in [0.05, 0.1) is 0 Å². The molecule has 4 rings (SSSR count). The minimum Gasteiger partial charge on any atom is -0.487 e. The molecule has 1 unspecified atom stereocenters. The van der Waals surface area contributed by atoms with Crippen molar-refractivity contribution in [3.8, 4) is 5.75 Å². The molecule has 0 spiro atoms. The summed E-state index contributed by atoms with van der Waals surface area (Å²) in [7, 11) is 0. The van der Waals surface area contributed by atoms with Crippen LogP contribution in [0.4, 0.5) is 0 Å². The van der Waals surface area contributed by atoms with E-state index in [1.807, 2.05) is 6.20 Å². The molecule has 4 nitrogen and oxygen atoms in total. The van der Waals surface area contributed by atoms with Gasteiger partial charge in [0.1, 0.15) is 17.2 Å². The Labute approximate surface area is 137 Å². The lowest BCUT2D eigenvalue weighted by Crippen LogP contribution is -2.26. The molecule has 0 saturated heterocycles. The average molecular weight is 311 g/mol. The van der Waals surface area contributed by atoms with Crippen LogP contribution in [0.1, 0.15) is 49.6 Å². The minimum absolute atomic E-state index is 0.0619. The van der Waals surface area contributed by atoms with Gasteiger partial charge in [-0.1, -0.05) is 12.1 Å². The van der Waals surface area contributed by atoms with E-state index >= 15 is 0 Å². The molecular weight excluding hydrogens is 286 g/mol. The van der Waals surface area contributed by atoms with Gasteiger partial charge in [0.25, 0.3) is 0 Å². The zero-order valence-corrected chi connectivity index (χ0v) is 14.0. The second kappa shape index (κ2) is 5.68. The van der Waals surface area contributed by atoms with Crippen LogP contribution >= 0.6 is 0 Å². The third kappa shape index (κ3) is 3.00. The first-order valence-electron chi connectivity index (χ1n) is 8.63. The van der Waals surface area contributed by atoms with E-state index in [0.717, 1.165) is 31.8 Å². The molecule has 0 amide bonds. The van der Waals surface area contributed by atoms with Gasteiger partial charge in [-0.2, -0.15) is 0 Å². The first-order chi connectivity index (χ1) is 11.1. The van der Waals surface area contributed by atoms with Crippen molar-refractivity contribution in [1.82, 2.24) is 14.9 Å². The van der Waals surface area contributed by atoms with Crippen LogP contribution < -0.4 is 10.1 Å². The van der Waals surface area contributed by atoms with Gasteiger partial charge in [-0.15, -0.1) is 0 Å². The molecular formula is C19H25N3O. The first kappa shape index (κ1) is 14.8. The Morgan fingerprint density at radius 2 is 2.30 bits per heavy atom. The highest BCUT2D eigenvalue weighted by molar-refractivity contribution is 5.41. The molecule has 1 N–H and O–H groups in total. The summed E-state index contributed by atoms with van der Waals surface area (Å²) in [5.41, 5.74) is 2.61. The summed E-state index contributed by atoms with van der Waals surface area (Å²) in [6.45, 7) is 7.32. The third-order valence-electron chi connectivity index (χ3n) is 4.91. The zero-order valence-electron chi connectivity index (χ0n) is 14.0. The predicted octanol–water partition coefficient (Wildman–Crippen LogP) is 3.26. The minimum atomic E-state index is -0.0619. The monoisotopic (exact) mass is 311 g/mol. The Morgan fingerprint density at radius 1 is 1.39 bits per heavy atom. The molecule has 1 aromatic carbocycles. The van der Waals surface area contributed by atoms with Crippen molar-refractivity contribution >= 4 is 0 Å². The SMILES string of the molecule is CC1(C)Cc2cc(CNCC3CCCn4ccnc43)ccc2O1. The molecule has 4 heteroatoms. The topological polar surface area (TPSA) is 39.1 Å². The van der Waals surface area contributed by atoms with Crippen LogP contribution in [0.3, 0.4) is 0 Å². The Bertz CT molecular complexity index is 704. The van der Waals surface area contributed by atoms with Crippen molar-refractivity contribution in [2.75, 3.05) is 6.54 Å². The fraction of sp³-hybridized carbons (Fsp3) is 0.526. The van der Waals surface area contributed by atoms with E-state index < -0.39 is 0 Å². The van der Waals surface area contributed by atoms with E-state index in [0.29, 0.717) is 5.92 Å². The van der Waals surface area contributed by atoms with E-state index in [1.54, 1.807) is 0 Å². The predicted molar refractivity (Wildman–Crippen MR) is 90.8 cm³/mol. The lowest BCUT2D eigenvalue weighted by molar-refractivity contribution is 0.138. The number of hydrogen-bond donors (Lipinski definition) is 1. The number of imidazole rings is 1. The van der Waals surface area contributed by atoms with Gasteiger partial charge in [0.15, 0.2) is 0 Å². The number of hydrogen-bond acceptors (Lipinski definition) is 3. The lowest BCUT2D eigenvalue weighted by Gasteiger charge is -2.23. The normalized spacial score (nSPS) is 21.6. The molecule has 1 aromatic heterocycles. The van der Waals surface area contributed by atoms with Crippen LogP contribution in [0, 0.1) is 0 Å². The van der Waals surface area contributed by atoms with Crippen molar-refractivity contribution < 1.29 is 4.74 Å². The molecule has 0 saturated carbocycles. The van der Waals surface area contributed by atoms with Gasteiger partial charge in [-0.3, -0.25) is 0 Å². The van der Waals surface area contributed by atoms with Gasteiger partial charge in [0, 0.05) is 44.4 Å². The van der Waals surface area contributed by atoms with Crippen molar-refractivity contribution in [3.05, 3.63) is 47.5 Å². The van der Waals surface area contributed by atoms with Crippen LogP contribution in [0.15, 0.2) is 30.6 Å². The molecule has 2 aromatic rings. The molecule has 2 aliphatic rings. The van der Waals surface area contributed by atoms with Gasteiger partial charge in [-0.05, 0) is 43.9 Å². The van der Waals surface area contributed by atoms with Crippen molar-refractivity contribution in [2.45, 2.75) is 57.7 Å².